The van der Waals surface area contributed by atoms with E-state index >= 15 is 0 Å². The fraction of sp³-hybridized carbons (Fsp3) is 0.462. The van der Waals surface area contributed by atoms with Crippen molar-refractivity contribution in [3.63, 3.8) is 0 Å². The number of amides is 1. The van der Waals surface area contributed by atoms with E-state index in [0.717, 1.165) is 5.56 Å². The van der Waals surface area contributed by atoms with E-state index in [2.05, 4.69) is 5.32 Å². The topological polar surface area (TPSA) is 84.6 Å². The first-order valence-corrected chi connectivity index (χ1v) is 5.92. The number of rotatable bonds is 6. The molecule has 1 aromatic carbocycles. The molecule has 1 unspecified atom stereocenters. The van der Waals surface area contributed by atoms with Crippen LogP contribution in [0.2, 0.25) is 0 Å². The lowest BCUT2D eigenvalue weighted by atomic mass is 10.1. The molecule has 0 spiro atoms. The lowest BCUT2D eigenvalue weighted by molar-refractivity contribution is -0.123. The molecule has 18 heavy (non-hydrogen) atoms. The van der Waals surface area contributed by atoms with Gasteiger partial charge in [0, 0.05) is 7.11 Å². The fourth-order valence-electron chi connectivity index (χ4n) is 1.56. The zero-order valence-corrected chi connectivity index (χ0v) is 10.7. The summed E-state index contributed by atoms with van der Waals surface area (Å²) in [6.07, 6.45) is 0.584. The van der Waals surface area contributed by atoms with Crippen molar-refractivity contribution in [2.45, 2.75) is 25.4 Å². The van der Waals surface area contributed by atoms with Crippen molar-refractivity contribution < 1.29 is 14.6 Å². The molecule has 0 aromatic heterocycles. The number of phenols is 1. The highest BCUT2D eigenvalue weighted by molar-refractivity contribution is 5.81. The lowest BCUT2D eigenvalue weighted by Gasteiger charge is -2.20. The number of ether oxygens (including phenoxy) is 1. The first-order chi connectivity index (χ1) is 8.58. The summed E-state index contributed by atoms with van der Waals surface area (Å²) in [6.45, 7) is 2.21. The van der Waals surface area contributed by atoms with Gasteiger partial charge in [0.25, 0.3) is 0 Å². The normalized spacial score (nSPS) is 13.9. The molecule has 1 rings (SSSR count). The largest absolute Gasteiger partial charge is 0.508 e. The number of carbonyl (C=O) groups is 1. The zero-order chi connectivity index (χ0) is 13.5. The number of aromatic hydroxyl groups is 1. The molecule has 0 aliphatic rings. The van der Waals surface area contributed by atoms with E-state index in [1.54, 1.807) is 31.4 Å². The molecule has 1 amide bonds. The third kappa shape index (κ3) is 4.01. The van der Waals surface area contributed by atoms with Crippen molar-refractivity contribution in [3.05, 3.63) is 29.8 Å². The van der Waals surface area contributed by atoms with Gasteiger partial charge in [-0.2, -0.15) is 0 Å². The molecule has 0 saturated carbocycles. The Morgan fingerprint density at radius 2 is 2.06 bits per heavy atom. The van der Waals surface area contributed by atoms with Gasteiger partial charge in [-0.3, -0.25) is 4.79 Å². The molecule has 0 fully saturated rings. The highest BCUT2D eigenvalue weighted by atomic mass is 16.5. The second kappa shape index (κ2) is 6.98. The Labute approximate surface area is 107 Å². The average Bonchev–Trinajstić information content (AvgIpc) is 2.38. The molecule has 0 radical (unpaired) electrons. The second-order valence-corrected chi connectivity index (χ2v) is 4.12. The maximum absolute atomic E-state index is 11.8. The van der Waals surface area contributed by atoms with Crippen molar-refractivity contribution in [1.29, 1.82) is 0 Å². The van der Waals surface area contributed by atoms with Gasteiger partial charge in [0.05, 0.1) is 18.7 Å². The zero-order valence-electron chi connectivity index (χ0n) is 10.7. The number of nitrogens with one attached hydrogen (secondary N) is 1. The minimum atomic E-state index is -0.513. The predicted octanol–water partition coefficient (Wildman–Crippen LogP) is 0.933. The number of phenolic OH excluding ortho intramolecular Hbond substituents is 1. The van der Waals surface area contributed by atoms with Crippen molar-refractivity contribution in [2.24, 2.45) is 5.73 Å². The summed E-state index contributed by atoms with van der Waals surface area (Å²) in [5.41, 5.74) is 6.54. The Morgan fingerprint density at radius 3 is 2.56 bits per heavy atom. The molecule has 5 nitrogen and oxygen atoms in total. The first-order valence-electron chi connectivity index (χ1n) is 5.92. The van der Waals surface area contributed by atoms with Crippen LogP contribution in [0.5, 0.6) is 5.75 Å². The molecule has 4 N–H and O–H groups in total. The molecule has 0 saturated heterocycles. The van der Waals surface area contributed by atoms with Crippen LogP contribution in [0.1, 0.15) is 24.9 Å². The number of carbonyl (C=O) groups excluding carboxylic acids is 1. The monoisotopic (exact) mass is 252 g/mol. The summed E-state index contributed by atoms with van der Waals surface area (Å²) in [5, 5.41) is 12.1. The quantitative estimate of drug-likeness (QED) is 0.703. The van der Waals surface area contributed by atoms with Crippen molar-refractivity contribution in [2.75, 3.05) is 13.7 Å². The molecular formula is C13H20N2O3. The van der Waals surface area contributed by atoms with Crippen molar-refractivity contribution in [1.82, 2.24) is 5.32 Å². The highest BCUT2D eigenvalue weighted by Gasteiger charge is 2.18. The number of hydrogen-bond donors (Lipinski definition) is 3. The van der Waals surface area contributed by atoms with E-state index < -0.39 is 6.04 Å². The van der Waals surface area contributed by atoms with Gasteiger partial charge in [0.1, 0.15) is 5.75 Å². The molecule has 0 heterocycles. The Kier molecular flexibility index (Phi) is 5.61. The van der Waals surface area contributed by atoms with Crippen LogP contribution >= 0.6 is 0 Å². The molecule has 100 valence electrons. The van der Waals surface area contributed by atoms with Gasteiger partial charge in [-0.25, -0.2) is 0 Å². The van der Waals surface area contributed by atoms with E-state index in [4.69, 9.17) is 10.5 Å². The predicted molar refractivity (Wildman–Crippen MR) is 69.1 cm³/mol. The van der Waals surface area contributed by atoms with Gasteiger partial charge in [0.2, 0.25) is 5.91 Å². The minimum Gasteiger partial charge on any atom is -0.508 e. The molecule has 0 aliphatic heterocycles. The van der Waals surface area contributed by atoms with Crippen molar-refractivity contribution >= 4 is 5.91 Å². The van der Waals surface area contributed by atoms with Gasteiger partial charge < -0.3 is 20.9 Å². The fourth-order valence-corrected chi connectivity index (χ4v) is 1.56. The van der Waals surface area contributed by atoms with Gasteiger partial charge in [-0.1, -0.05) is 19.1 Å². The molecule has 0 bridgehead atoms. The van der Waals surface area contributed by atoms with E-state index in [1.165, 1.54) is 0 Å². The van der Waals surface area contributed by atoms with Gasteiger partial charge in [0.15, 0.2) is 0 Å². The van der Waals surface area contributed by atoms with Crippen LogP contribution in [0.25, 0.3) is 0 Å². The maximum Gasteiger partial charge on any atom is 0.237 e. The molecule has 1 aromatic rings. The summed E-state index contributed by atoms with van der Waals surface area (Å²) in [5.74, 6) is -0.0147. The Morgan fingerprint density at radius 1 is 1.44 bits per heavy atom. The summed E-state index contributed by atoms with van der Waals surface area (Å²) >= 11 is 0. The maximum atomic E-state index is 11.8. The molecule has 2 atom stereocenters. The van der Waals surface area contributed by atoms with E-state index in [1.807, 2.05) is 6.92 Å². The summed E-state index contributed by atoms with van der Waals surface area (Å²) in [6, 6.07) is 5.86. The Hall–Kier alpha value is -1.59. The van der Waals surface area contributed by atoms with E-state index in [-0.39, 0.29) is 17.7 Å². The molecular weight excluding hydrogens is 232 g/mol. The summed E-state index contributed by atoms with van der Waals surface area (Å²) in [7, 11) is 1.57. The van der Waals surface area contributed by atoms with Crippen LogP contribution in [0.15, 0.2) is 24.3 Å². The number of nitrogens with two attached hydrogens (primary N) is 1. The van der Waals surface area contributed by atoms with Gasteiger partial charge in [-0.15, -0.1) is 0 Å². The molecule has 5 heteroatoms. The van der Waals surface area contributed by atoms with Crippen LogP contribution in [0.3, 0.4) is 0 Å². The minimum absolute atomic E-state index is 0.187. The van der Waals surface area contributed by atoms with Crippen LogP contribution in [0.4, 0.5) is 0 Å². The van der Waals surface area contributed by atoms with Gasteiger partial charge in [-0.05, 0) is 24.1 Å². The third-order valence-electron chi connectivity index (χ3n) is 2.72. The number of methoxy groups -OCH3 is 1. The van der Waals surface area contributed by atoms with Crippen LogP contribution in [0, 0.1) is 0 Å². The highest BCUT2D eigenvalue weighted by Crippen LogP contribution is 2.17. The van der Waals surface area contributed by atoms with E-state index in [9.17, 15) is 9.90 Å². The summed E-state index contributed by atoms with van der Waals surface area (Å²) in [4.78, 5) is 11.8. The molecule has 0 aliphatic carbocycles. The average molecular weight is 252 g/mol. The standard InChI is InChI=1S/C13H20N2O3/c1-3-11(14)13(17)15-12(8-18-2)9-4-6-10(16)7-5-9/h4-7,11-12,16H,3,8,14H2,1-2H3,(H,15,17)/t11?,12-/m0/s1. The Bertz CT molecular complexity index is 378. The van der Waals surface area contributed by atoms with Crippen LogP contribution in [-0.4, -0.2) is 30.8 Å². The van der Waals surface area contributed by atoms with Crippen molar-refractivity contribution in [3.8, 4) is 5.75 Å². The smallest absolute Gasteiger partial charge is 0.237 e. The van der Waals surface area contributed by atoms with Crippen LogP contribution in [-0.2, 0) is 9.53 Å². The Balaban J connectivity index is 2.76. The lowest BCUT2D eigenvalue weighted by Crippen LogP contribution is -2.42. The first kappa shape index (κ1) is 14.5. The van der Waals surface area contributed by atoms with E-state index in [0.29, 0.717) is 13.0 Å². The number of benzene rings is 1. The second-order valence-electron chi connectivity index (χ2n) is 4.12. The number of hydrogen-bond acceptors (Lipinski definition) is 4. The summed E-state index contributed by atoms with van der Waals surface area (Å²) < 4.78 is 5.08. The third-order valence-corrected chi connectivity index (χ3v) is 2.72. The van der Waals surface area contributed by atoms with Crippen LogP contribution < -0.4 is 11.1 Å². The SMILES string of the molecule is CCC(N)C(=O)N[C@@H](COC)c1ccc(O)cc1. The van der Waals surface area contributed by atoms with Gasteiger partial charge >= 0.3 is 0 Å².